The van der Waals surface area contributed by atoms with Gasteiger partial charge in [0.2, 0.25) is 5.91 Å². The Labute approximate surface area is 118 Å². The quantitative estimate of drug-likeness (QED) is 0.744. The normalized spacial score (nSPS) is 18.5. The predicted octanol–water partition coefficient (Wildman–Crippen LogP) is 0.569. The molecular weight excluding hydrogens is 260 g/mol. The fourth-order valence-electron chi connectivity index (χ4n) is 1.80. The third-order valence-electron chi connectivity index (χ3n) is 2.89. The summed E-state index contributed by atoms with van der Waals surface area (Å²) in [5.74, 6) is 0.644. The van der Waals surface area contributed by atoms with Gasteiger partial charge in [-0.15, -0.1) is 0 Å². The summed E-state index contributed by atoms with van der Waals surface area (Å²) < 4.78 is 16.1. The van der Waals surface area contributed by atoms with Gasteiger partial charge < -0.3 is 25.3 Å². The Morgan fingerprint density at radius 2 is 2.15 bits per heavy atom. The Morgan fingerprint density at radius 1 is 1.35 bits per heavy atom. The number of hydrogen-bond donors (Lipinski definition) is 2. The van der Waals surface area contributed by atoms with E-state index in [2.05, 4.69) is 5.32 Å². The zero-order valence-electron chi connectivity index (χ0n) is 11.3. The summed E-state index contributed by atoms with van der Waals surface area (Å²) in [4.78, 5) is 11.6. The standard InChI is InChI=1S/C14H20N2O4/c15-11-1-3-12(4-2-11)19-6-5-14(17)16-9-13-10-18-7-8-20-13/h1-4,13H,5-10,15H2,(H,16,17). The van der Waals surface area contributed by atoms with E-state index in [0.717, 1.165) is 0 Å². The molecule has 0 aliphatic carbocycles. The number of nitrogen functional groups attached to an aromatic ring is 1. The number of amides is 1. The second kappa shape index (κ2) is 7.72. The van der Waals surface area contributed by atoms with Gasteiger partial charge in [0.1, 0.15) is 5.75 Å². The van der Waals surface area contributed by atoms with Gasteiger partial charge >= 0.3 is 0 Å². The highest BCUT2D eigenvalue weighted by atomic mass is 16.6. The van der Waals surface area contributed by atoms with Crippen LogP contribution in [0.25, 0.3) is 0 Å². The highest BCUT2D eigenvalue weighted by Gasteiger charge is 2.14. The van der Waals surface area contributed by atoms with E-state index in [4.69, 9.17) is 19.9 Å². The highest BCUT2D eigenvalue weighted by molar-refractivity contribution is 5.76. The Balaban J connectivity index is 1.58. The van der Waals surface area contributed by atoms with Gasteiger partial charge in [0.05, 0.1) is 39.0 Å². The number of carbonyl (C=O) groups excluding carboxylic acids is 1. The lowest BCUT2D eigenvalue weighted by molar-refractivity contribution is -0.124. The molecule has 6 nitrogen and oxygen atoms in total. The van der Waals surface area contributed by atoms with Gasteiger partial charge in [-0.1, -0.05) is 0 Å². The summed E-state index contributed by atoms with van der Waals surface area (Å²) in [6.07, 6.45) is 0.253. The van der Waals surface area contributed by atoms with Gasteiger partial charge in [-0.25, -0.2) is 0 Å². The van der Waals surface area contributed by atoms with Crippen molar-refractivity contribution in [2.75, 3.05) is 38.7 Å². The molecule has 1 aromatic carbocycles. The van der Waals surface area contributed by atoms with E-state index in [-0.39, 0.29) is 12.0 Å². The summed E-state index contributed by atoms with van der Waals surface area (Å²) in [7, 11) is 0. The van der Waals surface area contributed by atoms with Crippen LogP contribution < -0.4 is 15.8 Å². The highest BCUT2D eigenvalue weighted by Crippen LogP contribution is 2.13. The number of nitrogens with two attached hydrogens (primary N) is 1. The minimum absolute atomic E-state index is 0.0503. The molecule has 6 heteroatoms. The van der Waals surface area contributed by atoms with Gasteiger partial charge in [0.15, 0.2) is 0 Å². The van der Waals surface area contributed by atoms with Gasteiger partial charge in [0, 0.05) is 12.2 Å². The molecule has 1 atom stereocenters. The van der Waals surface area contributed by atoms with Crippen LogP contribution in [0.3, 0.4) is 0 Å². The number of benzene rings is 1. The number of rotatable bonds is 6. The summed E-state index contributed by atoms with van der Waals surface area (Å²) in [5.41, 5.74) is 6.26. The number of carbonyl (C=O) groups is 1. The smallest absolute Gasteiger partial charge is 0.223 e. The largest absolute Gasteiger partial charge is 0.493 e. The van der Waals surface area contributed by atoms with Crippen molar-refractivity contribution in [3.8, 4) is 5.75 Å². The molecule has 0 saturated carbocycles. The van der Waals surface area contributed by atoms with Crippen LogP contribution in [0.2, 0.25) is 0 Å². The van der Waals surface area contributed by atoms with Crippen LogP contribution in [0.4, 0.5) is 5.69 Å². The molecule has 1 fully saturated rings. The molecule has 0 spiro atoms. The van der Waals surface area contributed by atoms with Crippen molar-refractivity contribution in [1.29, 1.82) is 0 Å². The Kier molecular flexibility index (Phi) is 5.64. The number of ether oxygens (including phenoxy) is 3. The van der Waals surface area contributed by atoms with Crippen molar-refractivity contribution in [3.05, 3.63) is 24.3 Å². The van der Waals surface area contributed by atoms with Crippen molar-refractivity contribution in [1.82, 2.24) is 5.32 Å². The second-order valence-corrected chi connectivity index (χ2v) is 4.54. The van der Waals surface area contributed by atoms with Crippen LogP contribution in [0.15, 0.2) is 24.3 Å². The van der Waals surface area contributed by atoms with E-state index < -0.39 is 0 Å². The lowest BCUT2D eigenvalue weighted by Crippen LogP contribution is -2.40. The molecular formula is C14H20N2O4. The molecule has 2 rings (SSSR count). The number of nitrogens with one attached hydrogen (secondary N) is 1. The van der Waals surface area contributed by atoms with Crippen LogP contribution in [0, 0.1) is 0 Å². The third-order valence-corrected chi connectivity index (χ3v) is 2.89. The van der Waals surface area contributed by atoms with E-state index in [1.54, 1.807) is 24.3 Å². The van der Waals surface area contributed by atoms with Crippen molar-refractivity contribution in [2.45, 2.75) is 12.5 Å². The number of anilines is 1. The molecule has 20 heavy (non-hydrogen) atoms. The summed E-state index contributed by atoms with van der Waals surface area (Å²) in [5, 5.41) is 2.80. The molecule has 0 aromatic heterocycles. The minimum Gasteiger partial charge on any atom is -0.493 e. The third kappa shape index (κ3) is 5.07. The van der Waals surface area contributed by atoms with Crippen LogP contribution >= 0.6 is 0 Å². The first-order chi connectivity index (χ1) is 9.74. The van der Waals surface area contributed by atoms with Crippen molar-refractivity contribution < 1.29 is 19.0 Å². The molecule has 1 aromatic rings. The van der Waals surface area contributed by atoms with E-state index >= 15 is 0 Å². The lowest BCUT2D eigenvalue weighted by Gasteiger charge is -2.23. The van der Waals surface area contributed by atoms with Crippen LogP contribution in [0.1, 0.15) is 6.42 Å². The van der Waals surface area contributed by atoms with E-state index in [1.807, 2.05) is 0 Å². The van der Waals surface area contributed by atoms with Crippen molar-refractivity contribution in [3.63, 3.8) is 0 Å². The van der Waals surface area contributed by atoms with Gasteiger partial charge in [-0.2, -0.15) is 0 Å². The van der Waals surface area contributed by atoms with E-state index in [9.17, 15) is 4.79 Å². The molecule has 1 aliphatic rings. The first-order valence-corrected chi connectivity index (χ1v) is 6.68. The Hall–Kier alpha value is -1.79. The predicted molar refractivity (Wildman–Crippen MR) is 74.5 cm³/mol. The number of hydrogen-bond acceptors (Lipinski definition) is 5. The fraction of sp³-hybridized carbons (Fsp3) is 0.500. The molecule has 0 bridgehead atoms. The molecule has 1 amide bonds. The fourth-order valence-corrected chi connectivity index (χ4v) is 1.80. The molecule has 0 radical (unpaired) electrons. The van der Waals surface area contributed by atoms with E-state index in [0.29, 0.717) is 50.8 Å². The summed E-state index contributed by atoms with van der Waals surface area (Å²) in [6.45, 7) is 2.54. The lowest BCUT2D eigenvalue weighted by atomic mass is 10.3. The minimum atomic E-state index is -0.0605. The average molecular weight is 280 g/mol. The summed E-state index contributed by atoms with van der Waals surface area (Å²) >= 11 is 0. The maximum absolute atomic E-state index is 11.6. The first-order valence-electron chi connectivity index (χ1n) is 6.68. The van der Waals surface area contributed by atoms with Gasteiger partial charge in [0.25, 0.3) is 0 Å². The zero-order valence-corrected chi connectivity index (χ0v) is 11.3. The SMILES string of the molecule is Nc1ccc(OCCC(=O)NCC2COCCO2)cc1. The topological polar surface area (TPSA) is 82.8 Å². The second-order valence-electron chi connectivity index (χ2n) is 4.54. The molecule has 1 aliphatic heterocycles. The maximum atomic E-state index is 11.6. The Bertz CT molecular complexity index is 416. The van der Waals surface area contributed by atoms with Crippen LogP contribution in [-0.4, -0.2) is 45.0 Å². The average Bonchev–Trinajstić information content (AvgIpc) is 2.48. The van der Waals surface area contributed by atoms with Crippen molar-refractivity contribution >= 4 is 11.6 Å². The first kappa shape index (κ1) is 14.6. The zero-order chi connectivity index (χ0) is 14.2. The van der Waals surface area contributed by atoms with Crippen LogP contribution in [-0.2, 0) is 14.3 Å². The molecule has 1 saturated heterocycles. The van der Waals surface area contributed by atoms with Crippen molar-refractivity contribution in [2.24, 2.45) is 0 Å². The van der Waals surface area contributed by atoms with Gasteiger partial charge in [-0.3, -0.25) is 4.79 Å². The van der Waals surface area contributed by atoms with Gasteiger partial charge in [-0.05, 0) is 24.3 Å². The van der Waals surface area contributed by atoms with Crippen LogP contribution in [0.5, 0.6) is 5.75 Å². The summed E-state index contributed by atoms with van der Waals surface area (Å²) in [6, 6.07) is 7.08. The molecule has 110 valence electrons. The molecule has 3 N–H and O–H groups in total. The molecule has 1 heterocycles. The van der Waals surface area contributed by atoms with E-state index in [1.165, 1.54) is 0 Å². The monoisotopic (exact) mass is 280 g/mol. The molecule has 1 unspecified atom stereocenters. The maximum Gasteiger partial charge on any atom is 0.223 e. The Morgan fingerprint density at radius 3 is 2.85 bits per heavy atom.